The molecular formula is C19H23N3O3. The second kappa shape index (κ2) is 8.94. The minimum Gasteiger partial charge on any atom is -0.426 e. The maximum atomic E-state index is 11.9. The van der Waals surface area contributed by atoms with Gasteiger partial charge in [-0.2, -0.15) is 0 Å². The molecule has 0 radical (unpaired) electrons. The normalized spacial score (nSPS) is 10.4. The van der Waals surface area contributed by atoms with Crippen molar-refractivity contribution in [2.75, 3.05) is 13.1 Å². The third-order valence-corrected chi connectivity index (χ3v) is 3.62. The van der Waals surface area contributed by atoms with Crippen LogP contribution >= 0.6 is 0 Å². The molecule has 0 saturated heterocycles. The maximum absolute atomic E-state index is 11.9. The Morgan fingerprint density at radius 2 is 1.72 bits per heavy atom. The van der Waals surface area contributed by atoms with Gasteiger partial charge in [-0.1, -0.05) is 12.1 Å². The van der Waals surface area contributed by atoms with Crippen LogP contribution in [0.3, 0.4) is 0 Å². The second-order valence-corrected chi connectivity index (χ2v) is 5.82. The number of amides is 1. The number of carbonyl (C=O) groups excluding carboxylic acids is 2. The minimum atomic E-state index is -0.318. The summed E-state index contributed by atoms with van der Waals surface area (Å²) in [4.78, 5) is 26.9. The fourth-order valence-corrected chi connectivity index (χ4v) is 2.55. The van der Waals surface area contributed by atoms with Gasteiger partial charge in [0, 0.05) is 44.5 Å². The number of esters is 1. The molecule has 1 aromatic carbocycles. The summed E-state index contributed by atoms with van der Waals surface area (Å²) in [5, 5.41) is 6.14. The van der Waals surface area contributed by atoms with Gasteiger partial charge in [0.15, 0.2) is 0 Å². The van der Waals surface area contributed by atoms with Gasteiger partial charge in [-0.15, -0.1) is 0 Å². The molecule has 0 bridgehead atoms. The first-order valence-corrected chi connectivity index (χ1v) is 8.15. The van der Waals surface area contributed by atoms with Gasteiger partial charge in [-0.05, 0) is 42.7 Å². The second-order valence-electron chi connectivity index (χ2n) is 5.82. The van der Waals surface area contributed by atoms with Gasteiger partial charge in [0.2, 0.25) is 0 Å². The van der Waals surface area contributed by atoms with Crippen molar-refractivity contribution in [3.8, 4) is 5.75 Å². The molecule has 1 amide bonds. The molecule has 132 valence electrons. The zero-order chi connectivity index (χ0) is 18.2. The Morgan fingerprint density at radius 1 is 1.08 bits per heavy atom. The smallest absolute Gasteiger partial charge is 0.308 e. The number of rotatable bonds is 7. The molecule has 2 rings (SSSR count). The summed E-state index contributed by atoms with van der Waals surface area (Å²) >= 11 is 0. The van der Waals surface area contributed by atoms with Crippen molar-refractivity contribution >= 4 is 11.9 Å². The molecule has 0 aliphatic rings. The quantitative estimate of drug-likeness (QED) is 0.458. The zero-order valence-corrected chi connectivity index (χ0v) is 14.8. The van der Waals surface area contributed by atoms with Crippen LogP contribution in [-0.2, 0) is 11.3 Å². The molecule has 0 fully saturated rings. The molecule has 25 heavy (non-hydrogen) atoms. The maximum Gasteiger partial charge on any atom is 0.308 e. The third-order valence-electron chi connectivity index (χ3n) is 3.62. The number of carbonyl (C=O) groups is 2. The van der Waals surface area contributed by atoms with E-state index < -0.39 is 0 Å². The summed E-state index contributed by atoms with van der Waals surface area (Å²) in [6.07, 6.45) is 3.19. The Bertz CT molecular complexity index is 722. The fourth-order valence-electron chi connectivity index (χ4n) is 2.55. The highest BCUT2D eigenvalue weighted by molar-refractivity contribution is 5.93. The van der Waals surface area contributed by atoms with E-state index in [0.29, 0.717) is 30.9 Å². The van der Waals surface area contributed by atoms with Crippen LogP contribution in [0.25, 0.3) is 0 Å². The van der Waals surface area contributed by atoms with E-state index in [0.717, 1.165) is 16.7 Å². The number of nitrogens with zero attached hydrogens (tertiary/aromatic N) is 1. The van der Waals surface area contributed by atoms with E-state index in [1.54, 1.807) is 24.5 Å². The lowest BCUT2D eigenvalue weighted by atomic mass is 10.1. The number of ether oxygens (including phenoxy) is 1. The predicted molar refractivity (Wildman–Crippen MR) is 95.5 cm³/mol. The van der Waals surface area contributed by atoms with E-state index in [9.17, 15) is 9.59 Å². The van der Waals surface area contributed by atoms with Crippen molar-refractivity contribution in [1.82, 2.24) is 15.6 Å². The van der Waals surface area contributed by atoms with Gasteiger partial charge in [0.25, 0.3) is 5.91 Å². The number of benzene rings is 1. The van der Waals surface area contributed by atoms with Gasteiger partial charge in [0.05, 0.1) is 0 Å². The summed E-state index contributed by atoms with van der Waals surface area (Å²) < 4.78 is 5.23. The highest BCUT2D eigenvalue weighted by Crippen LogP contribution is 2.24. The number of hydrogen-bond acceptors (Lipinski definition) is 5. The van der Waals surface area contributed by atoms with E-state index in [-0.39, 0.29) is 11.9 Å². The Morgan fingerprint density at radius 3 is 2.32 bits per heavy atom. The van der Waals surface area contributed by atoms with E-state index in [2.05, 4.69) is 15.6 Å². The molecule has 6 heteroatoms. The van der Waals surface area contributed by atoms with Crippen molar-refractivity contribution in [2.45, 2.75) is 27.3 Å². The van der Waals surface area contributed by atoms with Crippen LogP contribution in [0.5, 0.6) is 5.75 Å². The van der Waals surface area contributed by atoms with Gasteiger partial charge in [-0.3, -0.25) is 14.6 Å². The number of pyridine rings is 1. The average Bonchev–Trinajstić information content (AvgIpc) is 2.58. The predicted octanol–water partition coefficient (Wildman–Crippen LogP) is 2.14. The molecule has 0 atom stereocenters. The van der Waals surface area contributed by atoms with Crippen LogP contribution in [0.15, 0.2) is 36.7 Å². The lowest BCUT2D eigenvalue weighted by Crippen LogP contribution is -2.31. The van der Waals surface area contributed by atoms with E-state index in [1.807, 2.05) is 26.0 Å². The van der Waals surface area contributed by atoms with Crippen LogP contribution in [-0.4, -0.2) is 29.9 Å². The van der Waals surface area contributed by atoms with Crippen LogP contribution in [0, 0.1) is 13.8 Å². The summed E-state index contributed by atoms with van der Waals surface area (Å²) in [5.41, 5.74) is 3.56. The number of aryl methyl sites for hydroxylation is 2. The van der Waals surface area contributed by atoms with Gasteiger partial charge >= 0.3 is 5.97 Å². The highest BCUT2D eigenvalue weighted by Gasteiger charge is 2.09. The first-order chi connectivity index (χ1) is 12.0. The number of aromatic nitrogens is 1. The van der Waals surface area contributed by atoms with Crippen molar-refractivity contribution in [1.29, 1.82) is 0 Å². The summed E-state index contributed by atoms with van der Waals surface area (Å²) in [7, 11) is 0. The standard InChI is InChI=1S/C19H23N3O3/c1-13-10-16(11-14(2)18(13)25-15(3)23)12-21-8-9-22-19(24)17-4-6-20-7-5-17/h4-7,10-11,21H,8-9,12H2,1-3H3,(H,22,24). The molecule has 0 spiro atoms. The van der Waals surface area contributed by atoms with Crippen LogP contribution in [0.1, 0.15) is 34.0 Å². The molecule has 1 aromatic heterocycles. The SMILES string of the molecule is CC(=O)Oc1c(C)cc(CNCCNC(=O)c2ccncc2)cc1C. The molecule has 1 heterocycles. The van der Waals surface area contributed by atoms with E-state index >= 15 is 0 Å². The highest BCUT2D eigenvalue weighted by atomic mass is 16.5. The molecule has 2 aromatic rings. The fraction of sp³-hybridized carbons (Fsp3) is 0.316. The summed E-state index contributed by atoms with van der Waals surface area (Å²) in [6, 6.07) is 7.35. The molecule has 0 unspecified atom stereocenters. The van der Waals surface area contributed by atoms with Crippen LogP contribution in [0.4, 0.5) is 0 Å². The van der Waals surface area contributed by atoms with Crippen molar-refractivity contribution in [2.24, 2.45) is 0 Å². The Hall–Kier alpha value is -2.73. The monoisotopic (exact) mass is 341 g/mol. The lowest BCUT2D eigenvalue weighted by molar-refractivity contribution is -0.131. The molecule has 2 N–H and O–H groups in total. The van der Waals surface area contributed by atoms with Crippen LogP contribution in [0.2, 0.25) is 0 Å². The zero-order valence-electron chi connectivity index (χ0n) is 14.8. The summed E-state index contributed by atoms with van der Waals surface area (Å²) in [5.74, 6) is 0.199. The van der Waals surface area contributed by atoms with E-state index in [4.69, 9.17) is 4.74 Å². The van der Waals surface area contributed by atoms with Crippen LogP contribution < -0.4 is 15.4 Å². The largest absolute Gasteiger partial charge is 0.426 e. The third kappa shape index (κ3) is 5.69. The molecular weight excluding hydrogens is 318 g/mol. The van der Waals surface area contributed by atoms with Crippen molar-refractivity contribution < 1.29 is 14.3 Å². The molecule has 0 aliphatic heterocycles. The lowest BCUT2D eigenvalue weighted by Gasteiger charge is -2.12. The molecule has 0 aliphatic carbocycles. The van der Waals surface area contributed by atoms with Gasteiger partial charge in [-0.25, -0.2) is 0 Å². The van der Waals surface area contributed by atoms with E-state index in [1.165, 1.54) is 6.92 Å². The first kappa shape index (κ1) is 18.6. The Balaban J connectivity index is 1.78. The number of nitrogens with one attached hydrogen (secondary N) is 2. The van der Waals surface area contributed by atoms with Crippen molar-refractivity contribution in [3.63, 3.8) is 0 Å². The first-order valence-electron chi connectivity index (χ1n) is 8.15. The van der Waals surface area contributed by atoms with Crippen molar-refractivity contribution in [3.05, 3.63) is 58.9 Å². The van der Waals surface area contributed by atoms with Gasteiger partial charge in [0.1, 0.15) is 5.75 Å². The topological polar surface area (TPSA) is 80.3 Å². The molecule has 0 saturated carbocycles. The average molecular weight is 341 g/mol. The summed E-state index contributed by atoms with van der Waals surface area (Å²) in [6.45, 7) is 7.10. The Kier molecular flexibility index (Phi) is 6.65. The number of hydrogen-bond donors (Lipinski definition) is 2. The minimum absolute atomic E-state index is 0.110. The Labute approximate surface area is 147 Å². The molecule has 6 nitrogen and oxygen atoms in total. The van der Waals surface area contributed by atoms with Gasteiger partial charge < -0.3 is 15.4 Å².